The van der Waals surface area contributed by atoms with Crippen LogP contribution in [-0.4, -0.2) is 16.1 Å². The van der Waals surface area contributed by atoms with Crippen LogP contribution in [0.15, 0.2) is 16.7 Å². The first-order chi connectivity index (χ1) is 6.02. The first kappa shape index (κ1) is 10.1. The van der Waals surface area contributed by atoms with Gasteiger partial charge in [0.25, 0.3) is 0 Å². The molecule has 70 valence electrons. The Balaban J connectivity index is 3.08. The summed E-state index contributed by atoms with van der Waals surface area (Å²) in [6.45, 7) is 0. The zero-order chi connectivity index (χ0) is 10.0. The Hall–Kier alpha value is -1.01. The molecule has 4 nitrogen and oxygen atoms in total. The van der Waals surface area contributed by atoms with Crippen molar-refractivity contribution in [3.8, 4) is 0 Å². The van der Waals surface area contributed by atoms with Crippen LogP contribution in [0, 0.1) is 5.82 Å². The molecular formula is C7H6BrFN2O2. The minimum Gasteiger partial charge on any atom is -0.480 e. The van der Waals surface area contributed by atoms with Gasteiger partial charge in [0, 0.05) is 10.7 Å². The number of carboxylic acid groups (broad SMARTS) is 1. The Labute approximate surface area is 81.7 Å². The lowest BCUT2D eigenvalue weighted by Crippen LogP contribution is -2.23. The molecule has 13 heavy (non-hydrogen) atoms. The van der Waals surface area contributed by atoms with E-state index < -0.39 is 17.8 Å². The fourth-order valence-corrected chi connectivity index (χ4v) is 1.07. The van der Waals surface area contributed by atoms with Crippen LogP contribution in [0.1, 0.15) is 11.7 Å². The largest absolute Gasteiger partial charge is 0.480 e. The monoisotopic (exact) mass is 248 g/mol. The third-order valence-corrected chi connectivity index (χ3v) is 1.83. The van der Waals surface area contributed by atoms with Gasteiger partial charge in [0.1, 0.15) is 17.6 Å². The first-order valence-electron chi connectivity index (χ1n) is 3.31. The molecule has 1 atom stereocenters. The average Bonchev–Trinajstić information content (AvgIpc) is 2.03. The van der Waals surface area contributed by atoms with E-state index in [9.17, 15) is 9.18 Å². The molecule has 0 aromatic carbocycles. The lowest BCUT2D eigenvalue weighted by atomic mass is 10.2. The molecule has 0 spiro atoms. The lowest BCUT2D eigenvalue weighted by molar-refractivity contribution is -0.138. The van der Waals surface area contributed by atoms with Gasteiger partial charge in [-0.15, -0.1) is 0 Å². The van der Waals surface area contributed by atoms with E-state index in [-0.39, 0.29) is 5.69 Å². The predicted octanol–water partition coefficient (Wildman–Crippen LogP) is 1.07. The van der Waals surface area contributed by atoms with Crippen LogP contribution in [0.5, 0.6) is 0 Å². The number of aliphatic carboxylic acids is 1. The van der Waals surface area contributed by atoms with Crippen molar-refractivity contribution in [2.24, 2.45) is 5.73 Å². The van der Waals surface area contributed by atoms with E-state index in [4.69, 9.17) is 10.8 Å². The van der Waals surface area contributed by atoms with Crippen LogP contribution >= 0.6 is 15.9 Å². The van der Waals surface area contributed by atoms with Crippen LogP contribution in [0.25, 0.3) is 0 Å². The maximum atomic E-state index is 13.0. The lowest BCUT2D eigenvalue weighted by Gasteiger charge is -2.06. The Morgan fingerprint density at radius 1 is 1.77 bits per heavy atom. The fraction of sp³-hybridized carbons (Fsp3) is 0.143. The number of nitrogens with two attached hydrogens (primary N) is 1. The second-order valence-electron chi connectivity index (χ2n) is 2.34. The van der Waals surface area contributed by atoms with Gasteiger partial charge in [0.15, 0.2) is 0 Å². The molecule has 0 saturated heterocycles. The van der Waals surface area contributed by atoms with Crippen molar-refractivity contribution in [2.75, 3.05) is 0 Å². The molecule has 0 bridgehead atoms. The molecule has 1 rings (SSSR count). The molecule has 0 radical (unpaired) electrons. The summed E-state index contributed by atoms with van der Waals surface area (Å²) >= 11 is 2.99. The third-order valence-electron chi connectivity index (χ3n) is 1.40. The molecule has 0 aliphatic heterocycles. The summed E-state index contributed by atoms with van der Waals surface area (Å²) < 4.78 is 13.5. The molecule has 1 heterocycles. The number of aromatic nitrogens is 1. The van der Waals surface area contributed by atoms with Gasteiger partial charge in [-0.05, 0) is 22.0 Å². The van der Waals surface area contributed by atoms with Crippen molar-refractivity contribution < 1.29 is 14.3 Å². The van der Waals surface area contributed by atoms with E-state index >= 15 is 0 Å². The fourth-order valence-electron chi connectivity index (χ4n) is 0.771. The van der Waals surface area contributed by atoms with Gasteiger partial charge in [-0.2, -0.15) is 0 Å². The van der Waals surface area contributed by atoms with Crippen molar-refractivity contribution in [3.05, 3.63) is 28.2 Å². The summed E-state index contributed by atoms with van der Waals surface area (Å²) in [5.41, 5.74) is 4.90. The number of hydrogen-bond acceptors (Lipinski definition) is 3. The van der Waals surface area contributed by atoms with Gasteiger partial charge in [0.05, 0.1) is 0 Å². The van der Waals surface area contributed by atoms with E-state index in [0.717, 1.165) is 6.07 Å². The predicted molar refractivity (Wildman–Crippen MR) is 46.5 cm³/mol. The minimum absolute atomic E-state index is 0.268. The Morgan fingerprint density at radius 2 is 2.38 bits per heavy atom. The maximum Gasteiger partial charge on any atom is 0.326 e. The molecule has 0 aliphatic rings. The number of pyridine rings is 1. The van der Waals surface area contributed by atoms with Gasteiger partial charge in [-0.3, -0.25) is 9.78 Å². The molecule has 0 fully saturated rings. The second-order valence-corrected chi connectivity index (χ2v) is 3.25. The molecule has 0 unspecified atom stereocenters. The molecular weight excluding hydrogens is 243 g/mol. The summed E-state index contributed by atoms with van der Waals surface area (Å²) in [6, 6.07) is -0.307. The highest BCUT2D eigenvalue weighted by atomic mass is 79.9. The van der Waals surface area contributed by atoms with Gasteiger partial charge in [-0.25, -0.2) is 4.39 Å². The van der Waals surface area contributed by atoms with Crippen molar-refractivity contribution >= 4 is 21.9 Å². The van der Waals surface area contributed by atoms with Crippen molar-refractivity contribution in [3.63, 3.8) is 0 Å². The highest BCUT2D eigenvalue weighted by Gasteiger charge is 2.19. The van der Waals surface area contributed by atoms with Gasteiger partial charge >= 0.3 is 5.97 Å². The number of carboxylic acids is 1. The number of carbonyl (C=O) groups is 1. The maximum absolute atomic E-state index is 13.0. The molecule has 3 N–H and O–H groups in total. The van der Waals surface area contributed by atoms with Gasteiger partial charge in [0.2, 0.25) is 0 Å². The van der Waals surface area contributed by atoms with Crippen LogP contribution < -0.4 is 5.73 Å². The quantitative estimate of drug-likeness (QED) is 0.821. The smallest absolute Gasteiger partial charge is 0.326 e. The summed E-state index contributed by atoms with van der Waals surface area (Å²) in [4.78, 5) is 14.0. The third kappa shape index (κ3) is 2.22. The zero-order valence-corrected chi connectivity index (χ0v) is 7.95. The number of nitrogens with zero attached hydrogens (tertiary/aromatic N) is 1. The highest BCUT2D eigenvalue weighted by Crippen LogP contribution is 2.16. The Morgan fingerprint density at radius 3 is 2.85 bits per heavy atom. The van der Waals surface area contributed by atoms with Crippen molar-refractivity contribution in [2.45, 2.75) is 6.04 Å². The SMILES string of the molecule is N[C@H](C(=O)O)c1ncc(Br)cc1F. The van der Waals surface area contributed by atoms with Crippen molar-refractivity contribution in [1.82, 2.24) is 4.98 Å². The van der Waals surface area contributed by atoms with Gasteiger partial charge < -0.3 is 10.8 Å². The highest BCUT2D eigenvalue weighted by molar-refractivity contribution is 9.10. The molecule has 0 amide bonds. The van der Waals surface area contributed by atoms with Crippen LogP contribution in [0.2, 0.25) is 0 Å². The van der Waals surface area contributed by atoms with Gasteiger partial charge in [-0.1, -0.05) is 0 Å². The number of hydrogen-bond donors (Lipinski definition) is 2. The van der Waals surface area contributed by atoms with E-state index in [0.29, 0.717) is 4.47 Å². The van der Waals surface area contributed by atoms with Crippen LogP contribution in [0.4, 0.5) is 4.39 Å². The van der Waals surface area contributed by atoms with Crippen LogP contribution in [0.3, 0.4) is 0 Å². The first-order valence-corrected chi connectivity index (χ1v) is 4.11. The summed E-state index contributed by atoms with van der Waals surface area (Å²) in [5, 5.41) is 8.49. The standard InChI is InChI=1S/C7H6BrFN2O2/c8-3-1-4(9)6(11-2-3)5(10)7(12)13/h1-2,5H,10H2,(H,12,13)/t5-/m0/s1. The molecule has 0 aliphatic carbocycles. The van der Waals surface area contributed by atoms with E-state index in [1.54, 1.807) is 0 Å². The van der Waals surface area contributed by atoms with Crippen molar-refractivity contribution in [1.29, 1.82) is 0 Å². The van der Waals surface area contributed by atoms with E-state index in [2.05, 4.69) is 20.9 Å². The molecule has 6 heteroatoms. The summed E-state index contributed by atoms with van der Waals surface area (Å²) in [7, 11) is 0. The molecule has 1 aromatic heterocycles. The number of halogens is 2. The summed E-state index contributed by atoms with van der Waals surface area (Å²) in [6.07, 6.45) is 1.29. The Bertz CT molecular complexity index is 345. The topological polar surface area (TPSA) is 76.2 Å². The normalized spacial score (nSPS) is 12.5. The van der Waals surface area contributed by atoms with E-state index in [1.165, 1.54) is 6.20 Å². The average molecular weight is 249 g/mol. The zero-order valence-electron chi connectivity index (χ0n) is 6.37. The number of rotatable bonds is 2. The second kappa shape index (κ2) is 3.80. The molecule has 1 aromatic rings. The summed E-state index contributed by atoms with van der Waals surface area (Å²) in [5.74, 6) is -2.04. The molecule has 0 saturated carbocycles. The Kier molecular flexibility index (Phi) is 2.94. The minimum atomic E-state index is -1.42. The van der Waals surface area contributed by atoms with E-state index in [1.807, 2.05) is 0 Å². The van der Waals surface area contributed by atoms with Crippen LogP contribution in [-0.2, 0) is 4.79 Å².